The van der Waals surface area contributed by atoms with E-state index in [2.05, 4.69) is 10.0 Å². The zero-order valence-corrected chi connectivity index (χ0v) is 7.63. The molecule has 1 aromatic carbocycles. The minimum absolute atomic E-state index is 0.239. The Morgan fingerprint density at radius 2 is 2.07 bits per heavy atom. The Morgan fingerprint density at radius 1 is 1.36 bits per heavy atom. The van der Waals surface area contributed by atoms with Crippen molar-refractivity contribution in [2.75, 3.05) is 13.2 Å². The van der Waals surface area contributed by atoms with Gasteiger partial charge in [0.15, 0.2) is 0 Å². The Bertz CT molecular complexity index is 317. The van der Waals surface area contributed by atoms with Crippen LogP contribution in [-0.2, 0) is 11.3 Å². The lowest BCUT2D eigenvalue weighted by Crippen LogP contribution is -1.97. The smallest absolute Gasteiger partial charge is 0.115 e. The van der Waals surface area contributed by atoms with Gasteiger partial charge in [0.05, 0.1) is 13.2 Å². The van der Waals surface area contributed by atoms with Crippen LogP contribution in [0.4, 0.5) is 0 Å². The maximum absolute atomic E-state index is 9.00. The molecule has 0 aliphatic heterocycles. The number of hydrogen-bond acceptors (Lipinski definition) is 3. The van der Waals surface area contributed by atoms with E-state index in [1.807, 2.05) is 0 Å². The molecule has 0 aromatic heterocycles. The van der Waals surface area contributed by atoms with E-state index < -0.39 is 0 Å². The Kier molecular flexibility index (Phi) is 4.34. The molecule has 0 atom stereocenters. The normalized spacial score (nSPS) is 9.43. The third-order valence-electron chi connectivity index (χ3n) is 1.60. The summed E-state index contributed by atoms with van der Waals surface area (Å²) in [5.74, 6) is 0.239. The Morgan fingerprint density at radius 3 is 2.71 bits per heavy atom. The fourth-order valence-corrected chi connectivity index (χ4v) is 0.932. The average Bonchev–Trinajstić information content (AvgIpc) is 2.21. The van der Waals surface area contributed by atoms with Crippen LogP contribution in [0.15, 0.2) is 29.4 Å². The molecule has 5 heteroatoms. The molecule has 1 rings (SSSR count). The third kappa shape index (κ3) is 3.80. The van der Waals surface area contributed by atoms with Gasteiger partial charge in [-0.1, -0.05) is 17.2 Å². The SMILES string of the molecule is [N-]=[N+]=NCCOCc1ccc(O)cc1. The molecule has 0 heterocycles. The van der Waals surface area contributed by atoms with E-state index in [0.29, 0.717) is 19.8 Å². The summed E-state index contributed by atoms with van der Waals surface area (Å²) in [5, 5.41) is 12.3. The zero-order chi connectivity index (χ0) is 10.2. The second-order valence-electron chi connectivity index (χ2n) is 2.67. The van der Waals surface area contributed by atoms with Crippen molar-refractivity contribution in [1.82, 2.24) is 0 Å². The molecule has 0 saturated heterocycles. The largest absolute Gasteiger partial charge is 0.508 e. The maximum Gasteiger partial charge on any atom is 0.115 e. The molecule has 0 aliphatic carbocycles. The number of azide groups is 1. The lowest BCUT2D eigenvalue weighted by atomic mass is 10.2. The number of aromatic hydroxyl groups is 1. The zero-order valence-electron chi connectivity index (χ0n) is 7.63. The van der Waals surface area contributed by atoms with E-state index in [0.717, 1.165) is 5.56 Å². The van der Waals surface area contributed by atoms with Crippen molar-refractivity contribution in [2.24, 2.45) is 5.11 Å². The first-order chi connectivity index (χ1) is 6.83. The maximum atomic E-state index is 9.00. The molecule has 0 fully saturated rings. The van der Waals surface area contributed by atoms with Gasteiger partial charge in [-0.05, 0) is 23.2 Å². The van der Waals surface area contributed by atoms with E-state index in [1.54, 1.807) is 24.3 Å². The Balaban J connectivity index is 2.24. The molecular weight excluding hydrogens is 182 g/mol. The number of phenols is 1. The lowest BCUT2D eigenvalue weighted by molar-refractivity contribution is 0.128. The molecule has 0 unspecified atom stereocenters. The topological polar surface area (TPSA) is 78.2 Å². The van der Waals surface area contributed by atoms with Gasteiger partial charge in [0, 0.05) is 11.5 Å². The second-order valence-corrected chi connectivity index (χ2v) is 2.67. The van der Waals surface area contributed by atoms with Gasteiger partial charge in [-0.2, -0.15) is 0 Å². The van der Waals surface area contributed by atoms with Crippen molar-refractivity contribution in [2.45, 2.75) is 6.61 Å². The highest BCUT2D eigenvalue weighted by Gasteiger charge is 1.92. The number of nitrogens with zero attached hydrogens (tertiary/aromatic N) is 3. The fraction of sp³-hybridized carbons (Fsp3) is 0.333. The van der Waals surface area contributed by atoms with Crippen molar-refractivity contribution < 1.29 is 9.84 Å². The summed E-state index contributed by atoms with van der Waals surface area (Å²) >= 11 is 0. The van der Waals surface area contributed by atoms with Crippen molar-refractivity contribution in [3.8, 4) is 5.75 Å². The molecule has 0 aliphatic rings. The van der Waals surface area contributed by atoms with Crippen molar-refractivity contribution in [1.29, 1.82) is 0 Å². The Hall–Kier alpha value is -1.71. The van der Waals surface area contributed by atoms with Crippen LogP contribution >= 0.6 is 0 Å². The van der Waals surface area contributed by atoms with Crippen molar-refractivity contribution >= 4 is 0 Å². The van der Waals surface area contributed by atoms with Gasteiger partial charge in [0.25, 0.3) is 0 Å². The van der Waals surface area contributed by atoms with E-state index >= 15 is 0 Å². The first-order valence-corrected chi connectivity index (χ1v) is 4.19. The first-order valence-electron chi connectivity index (χ1n) is 4.19. The van der Waals surface area contributed by atoms with Crippen LogP contribution in [0.2, 0.25) is 0 Å². The summed E-state index contributed by atoms with van der Waals surface area (Å²) in [6, 6.07) is 6.77. The summed E-state index contributed by atoms with van der Waals surface area (Å²) in [6.07, 6.45) is 0. The molecule has 0 bridgehead atoms. The van der Waals surface area contributed by atoms with Crippen LogP contribution in [0.1, 0.15) is 5.56 Å². The van der Waals surface area contributed by atoms with Gasteiger partial charge < -0.3 is 9.84 Å². The van der Waals surface area contributed by atoms with Crippen LogP contribution in [0.5, 0.6) is 5.75 Å². The summed E-state index contributed by atoms with van der Waals surface area (Å²) in [5.41, 5.74) is 8.96. The predicted octanol–water partition coefficient (Wildman–Crippen LogP) is 2.22. The van der Waals surface area contributed by atoms with Gasteiger partial charge in [-0.3, -0.25) is 0 Å². The molecule has 14 heavy (non-hydrogen) atoms. The summed E-state index contributed by atoms with van der Waals surface area (Å²) < 4.78 is 5.22. The quantitative estimate of drug-likeness (QED) is 0.337. The average molecular weight is 193 g/mol. The van der Waals surface area contributed by atoms with Crippen LogP contribution in [0.25, 0.3) is 10.4 Å². The van der Waals surface area contributed by atoms with Gasteiger partial charge >= 0.3 is 0 Å². The first kappa shape index (κ1) is 10.4. The monoisotopic (exact) mass is 193 g/mol. The lowest BCUT2D eigenvalue weighted by Gasteiger charge is -2.01. The molecule has 0 amide bonds. The van der Waals surface area contributed by atoms with E-state index in [1.165, 1.54) is 0 Å². The van der Waals surface area contributed by atoms with E-state index in [9.17, 15) is 0 Å². The van der Waals surface area contributed by atoms with Gasteiger partial charge in [0.2, 0.25) is 0 Å². The van der Waals surface area contributed by atoms with Crippen LogP contribution in [0, 0.1) is 0 Å². The highest BCUT2D eigenvalue weighted by molar-refractivity contribution is 5.25. The Labute approximate surface area is 81.6 Å². The minimum Gasteiger partial charge on any atom is -0.508 e. The number of rotatable bonds is 5. The van der Waals surface area contributed by atoms with E-state index in [-0.39, 0.29) is 5.75 Å². The molecular formula is C9H11N3O2. The summed E-state index contributed by atoms with van der Waals surface area (Å²) in [7, 11) is 0. The van der Waals surface area contributed by atoms with Crippen LogP contribution in [-0.4, -0.2) is 18.3 Å². The number of ether oxygens (including phenoxy) is 1. The van der Waals surface area contributed by atoms with E-state index in [4.69, 9.17) is 15.4 Å². The number of hydrogen-bond donors (Lipinski definition) is 1. The molecule has 1 aromatic rings. The van der Waals surface area contributed by atoms with Gasteiger partial charge in [-0.15, -0.1) is 0 Å². The van der Waals surface area contributed by atoms with Crippen LogP contribution < -0.4 is 0 Å². The van der Waals surface area contributed by atoms with Crippen LogP contribution in [0.3, 0.4) is 0 Å². The van der Waals surface area contributed by atoms with Crippen molar-refractivity contribution in [3.05, 3.63) is 40.3 Å². The highest BCUT2D eigenvalue weighted by atomic mass is 16.5. The number of phenolic OH excluding ortho intramolecular Hbond substituents is 1. The van der Waals surface area contributed by atoms with Gasteiger partial charge in [0.1, 0.15) is 5.75 Å². The highest BCUT2D eigenvalue weighted by Crippen LogP contribution is 2.10. The fourth-order valence-electron chi connectivity index (χ4n) is 0.932. The minimum atomic E-state index is 0.239. The predicted molar refractivity (Wildman–Crippen MR) is 51.8 cm³/mol. The van der Waals surface area contributed by atoms with Crippen molar-refractivity contribution in [3.63, 3.8) is 0 Å². The second kappa shape index (κ2) is 5.85. The summed E-state index contributed by atoms with van der Waals surface area (Å²) in [4.78, 5) is 2.60. The number of benzene rings is 1. The molecule has 74 valence electrons. The van der Waals surface area contributed by atoms with Gasteiger partial charge in [-0.25, -0.2) is 0 Å². The molecule has 0 radical (unpaired) electrons. The third-order valence-corrected chi connectivity index (χ3v) is 1.60. The molecule has 0 saturated carbocycles. The summed E-state index contributed by atoms with van der Waals surface area (Å²) in [6.45, 7) is 1.21. The molecule has 5 nitrogen and oxygen atoms in total. The standard InChI is InChI=1S/C9H11N3O2/c10-12-11-5-6-14-7-8-1-3-9(13)4-2-8/h1-4,13H,5-7H2. The molecule has 0 spiro atoms. The molecule has 1 N–H and O–H groups in total.